The number of hydrogen-bond donors (Lipinski definition) is 0. The minimum absolute atomic E-state index is 0.800. The third kappa shape index (κ3) is 3.52. The number of fused-ring (bicyclic) bond motifs is 1. The van der Waals surface area contributed by atoms with Gasteiger partial charge in [0.1, 0.15) is 0 Å². The lowest BCUT2D eigenvalue weighted by Gasteiger charge is -2.24. The van der Waals surface area contributed by atoms with Crippen molar-refractivity contribution in [3.63, 3.8) is 0 Å². The second kappa shape index (κ2) is 6.77. The normalized spacial score (nSPS) is 32.5. The summed E-state index contributed by atoms with van der Waals surface area (Å²) in [6.45, 7) is 9.68. The lowest BCUT2D eigenvalue weighted by Crippen LogP contribution is -2.15. The molecule has 19 heavy (non-hydrogen) atoms. The van der Waals surface area contributed by atoms with Gasteiger partial charge in [0.05, 0.1) is 0 Å². The summed E-state index contributed by atoms with van der Waals surface area (Å²) in [7, 11) is 0. The van der Waals surface area contributed by atoms with Crippen molar-refractivity contribution in [2.45, 2.75) is 66.2 Å². The van der Waals surface area contributed by atoms with Crippen molar-refractivity contribution in [3.8, 4) is 0 Å². The fraction of sp³-hybridized carbons (Fsp3) is 0.789. The molecule has 0 N–H and O–H groups in total. The van der Waals surface area contributed by atoms with E-state index in [0.717, 1.165) is 29.6 Å². The van der Waals surface area contributed by atoms with Gasteiger partial charge in [0.2, 0.25) is 0 Å². The van der Waals surface area contributed by atoms with Gasteiger partial charge < -0.3 is 0 Å². The smallest absolute Gasteiger partial charge is 0.0166 e. The Morgan fingerprint density at radius 1 is 1.00 bits per heavy atom. The topological polar surface area (TPSA) is 0 Å². The van der Waals surface area contributed by atoms with E-state index in [1.807, 2.05) is 0 Å². The molecule has 0 heteroatoms. The molecule has 2 rings (SSSR count). The number of rotatable bonds is 2. The van der Waals surface area contributed by atoms with Crippen molar-refractivity contribution < 1.29 is 0 Å². The molecule has 0 bridgehead atoms. The summed E-state index contributed by atoms with van der Waals surface area (Å²) in [6, 6.07) is 0. The Hall–Kier alpha value is -0.520. The van der Waals surface area contributed by atoms with Crippen LogP contribution in [0.5, 0.6) is 0 Å². The van der Waals surface area contributed by atoms with Gasteiger partial charge in [0.25, 0.3) is 0 Å². The molecule has 3 atom stereocenters. The molecule has 0 saturated heterocycles. The molecular weight excluding hydrogens is 228 g/mol. The van der Waals surface area contributed by atoms with E-state index >= 15 is 0 Å². The first-order valence-corrected chi connectivity index (χ1v) is 8.48. The van der Waals surface area contributed by atoms with Crippen molar-refractivity contribution in [2.75, 3.05) is 0 Å². The van der Waals surface area contributed by atoms with Crippen LogP contribution in [0, 0.1) is 29.6 Å². The first-order valence-electron chi connectivity index (χ1n) is 8.48. The van der Waals surface area contributed by atoms with E-state index < -0.39 is 0 Å². The SMILES string of the molecule is CC(C)C1CC(C(C)C)C2CCCCCC=CC=C12. The fourth-order valence-electron chi connectivity index (χ4n) is 4.22. The number of allylic oxidation sites excluding steroid dienone is 4. The Morgan fingerprint density at radius 2 is 1.79 bits per heavy atom. The average Bonchev–Trinajstić information content (AvgIpc) is 2.73. The molecule has 1 saturated carbocycles. The van der Waals surface area contributed by atoms with E-state index in [1.165, 1.54) is 38.5 Å². The monoisotopic (exact) mass is 260 g/mol. The highest BCUT2D eigenvalue weighted by Gasteiger charge is 2.40. The maximum atomic E-state index is 2.49. The zero-order chi connectivity index (χ0) is 13.8. The van der Waals surface area contributed by atoms with E-state index in [0.29, 0.717) is 0 Å². The van der Waals surface area contributed by atoms with Crippen molar-refractivity contribution in [1.82, 2.24) is 0 Å². The Bertz CT molecular complexity index is 332. The summed E-state index contributed by atoms with van der Waals surface area (Å²) < 4.78 is 0. The van der Waals surface area contributed by atoms with Crippen LogP contribution < -0.4 is 0 Å². The predicted octanol–water partition coefficient (Wildman–Crippen LogP) is 6.00. The summed E-state index contributed by atoms with van der Waals surface area (Å²) in [5.41, 5.74) is 1.78. The summed E-state index contributed by atoms with van der Waals surface area (Å²) >= 11 is 0. The molecule has 0 aromatic carbocycles. The maximum Gasteiger partial charge on any atom is -0.0166 e. The zero-order valence-electron chi connectivity index (χ0n) is 13.4. The molecule has 0 nitrogen and oxygen atoms in total. The Labute approximate surface area is 120 Å². The average molecular weight is 260 g/mol. The fourth-order valence-corrected chi connectivity index (χ4v) is 4.22. The van der Waals surface area contributed by atoms with Gasteiger partial charge in [-0.05, 0) is 55.3 Å². The van der Waals surface area contributed by atoms with Crippen LogP contribution in [0.1, 0.15) is 66.2 Å². The quantitative estimate of drug-likeness (QED) is 0.571. The third-order valence-electron chi connectivity index (χ3n) is 5.37. The maximum absolute atomic E-state index is 2.49. The van der Waals surface area contributed by atoms with Gasteiger partial charge in [-0.25, -0.2) is 0 Å². The minimum atomic E-state index is 0.800. The molecule has 0 aromatic heterocycles. The standard InChI is InChI=1S/C19H32/c1-14(2)18-13-19(15(3)4)17-12-10-8-6-5-7-9-11-16(17)18/h7,9,11,14-15,17-19H,5-6,8,10,12-13H2,1-4H3. The summed E-state index contributed by atoms with van der Waals surface area (Å²) in [5.74, 6) is 4.26. The van der Waals surface area contributed by atoms with Crippen LogP contribution >= 0.6 is 0 Å². The van der Waals surface area contributed by atoms with Crippen LogP contribution in [0.25, 0.3) is 0 Å². The molecule has 0 radical (unpaired) electrons. The van der Waals surface area contributed by atoms with E-state index in [9.17, 15) is 0 Å². The van der Waals surface area contributed by atoms with Gasteiger partial charge in [0, 0.05) is 0 Å². The molecule has 0 aliphatic heterocycles. The largest absolute Gasteiger partial charge is 0.0845 e. The second-order valence-corrected chi connectivity index (χ2v) is 7.33. The highest BCUT2D eigenvalue weighted by Crippen LogP contribution is 2.49. The number of hydrogen-bond acceptors (Lipinski definition) is 0. The molecule has 2 aliphatic carbocycles. The highest BCUT2D eigenvalue weighted by atomic mass is 14.4. The molecule has 3 unspecified atom stereocenters. The molecule has 0 spiro atoms. The summed E-state index contributed by atoms with van der Waals surface area (Å²) in [5, 5.41) is 0. The van der Waals surface area contributed by atoms with Crippen LogP contribution in [-0.2, 0) is 0 Å². The minimum Gasteiger partial charge on any atom is -0.0845 e. The Morgan fingerprint density at radius 3 is 2.47 bits per heavy atom. The second-order valence-electron chi connectivity index (χ2n) is 7.33. The molecular formula is C19H32. The highest BCUT2D eigenvalue weighted by molar-refractivity contribution is 5.24. The van der Waals surface area contributed by atoms with Crippen LogP contribution in [0.4, 0.5) is 0 Å². The Balaban J connectivity index is 2.27. The first kappa shape index (κ1) is 14.9. The van der Waals surface area contributed by atoms with E-state index in [4.69, 9.17) is 0 Å². The van der Waals surface area contributed by atoms with Crippen LogP contribution in [-0.4, -0.2) is 0 Å². The van der Waals surface area contributed by atoms with Crippen molar-refractivity contribution >= 4 is 0 Å². The molecule has 0 heterocycles. The Kier molecular flexibility index (Phi) is 5.30. The molecule has 1 fully saturated rings. The molecule has 2 aliphatic rings. The summed E-state index contributed by atoms with van der Waals surface area (Å²) in [4.78, 5) is 0. The molecule has 0 amide bonds. The van der Waals surface area contributed by atoms with Crippen molar-refractivity contribution in [2.24, 2.45) is 29.6 Å². The third-order valence-corrected chi connectivity index (χ3v) is 5.37. The van der Waals surface area contributed by atoms with E-state index in [1.54, 1.807) is 5.57 Å². The van der Waals surface area contributed by atoms with Gasteiger partial charge in [-0.2, -0.15) is 0 Å². The predicted molar refractivity (Wildman–Crippen MR) is 85.1 cm³/mol. The van der Waals surface area contributed by atoms with Crippen LogP contribution in [0.2, 0.25) is 0 Å². The van der Waals surface area contributed by atoms with Crippen LogP contribution in [0.15, 0.2) is 23.8 Å². The van der Waals surface area contributed by atoms with Gasteiger partial charge in [-0.15, -0.1) is 0 Å². The van der Waals surface area contributed by atoms with Crippen molar-refractivity contribution in [3.05, 3.63) is 23.8 Å². The van der Waals surface area contributed by atoms with E-state index in [2.05, 4.69) is 45.9 Å². The zero-order valence-corrected chi connectivity index (χ0v) is 13.4. The first-order chi connectivity index (χ1) is 9.11. The van der Waals surface area contributed by atoms with Gasteiger partial charge >= 0.3 is 0 Å². The summed E-state index contributed by atoms with van der Waals surface area (Å²) in [6.07, 6.45) is 15.6. The lowest BCUT2D eigenvalue weighted by molar-refractivity contribution is 0.284. The van der Waals surface area contributed by atoms with E-state index in [-0.39, 0.29) is 0 Å². The van der Waals surface area contributed by atoms with Crippen molar-refractivity contribution in [1.29, 1.82) is 0 Å². The molecule has 108 valence electrons. The lowest BCUT2D eigenvalue weighted by atomic mass is 9.81. The van der Waals surface area contributed by atoms with Gasteiger partial charge in [-0.1, -0.05) is 64.3 Å². The van der Waals surface area contributed by atoms with Crippen LogP contribution in [0.3, 0.4) is 0 Å². The van der Waals surface area contributed by atoms with Gasteiger partial charge in [-0.3, -0.25) is 0 Å². The molecule has 0 aromatic rings. The van der Waals surface area contributed by atoms with Gasteiger partial charge in [0.15, 0.2) is 0 Å².